The van der Waals surface area contributed by atoms with Crippen molar-refractivity contribution < 1.29 is 32.5 Å². The van der Waals surface area contributed by atoms with Gasteiger partial charge in [-0.05, 0) is 39.0 Å². The quantitative estimate of drug-likeness (QED) is 0.611. The summed E-state index contributed by atoms with van der Waals surface area (Å²) in [6.07, 6.45) is -4.54. The van der Waals surface area contributed by atoms with Crippen molar-refractivity contribution in [1.29, 1.82) is 0 Å². The third-order valence-electron chi connectivity index (χ3n) is 3.67. The van der Waals surface area contributed by atoms with Crippen molar-refractivity contribution in [2.45, 2.75) is 26.9 Å². The van der Waals surface area contributed by atoms with Gasteiger partial charge >= 0.3 is 12.1 Å². The van der Waals surface area contributed by atoms with Gasteiger partial charge in [0.2, 0.25) is 5.88 Å². The molecule has 1 aromatic carbocycles. The zero-order valence-electron chi connectivity index (χ0n) is 15.0. The third kappa shape index (κ3) is 4.55. The number of alkyl halides is 3. The molecule has 0 aliphatic rings. The van der Waals surface area contributed by atoms with Crippen molar-refractivity contribution in [1.82, 2.24) is 9.97 Å². The lowest BCUT2D eigenvalue weighted by atomic mass is 10.0. The Morgan fingerprint density at radius 2 is 1.85 bits per heavy atom. The summed E-state index contributed by atoms with van der Waals surface area (Å²) >= 11 is 0. The maximum absolute atomic E-state index is 12.9. The Bertz CT molecular complexity index is 908. The van der Waals surface area contributed by atoms with E-state index in [-0.39, 0.29) is 34.3 Å². The molecule has 0 atom stereocenters. The number of methoxy groups -OCH3 is 1. The summed E-state index contributed by atoms with van der Waals surface area (Å²) < 4.78 is 49.3. The van der Waals surface area contributed by atoms with E-state index in [0.29, 0.717) is 5.69 Å². The van der Waals surface area contributed by atoms with Crippen molar-refractivity contribution in [2.24, 2.45) is 0 Å². The number of nitrogens with zero attached hydrogens (tertiary/aromatic N) is 2. The highest BCUT2D eigenvalue weighted by Crippen LogP contribution is 2.35. The van der Waals surface area contributed by atoms with Crippen LogP contribution in [0.2, 0.25) is 0 Å². The van der Waals surface area contributed by atoms with E-state index in [0.717, 1.165) is 12.1 Å². The Labute approximate surface area is 153 Å². The van der Waals surface area contributed by atoms with Crippen LogP contribution in [-0.4, -0.2) is 28.2 Å². The topological polar surface area (TPSA) is 81.5 Å². The van der Waals surface area contributed by atoms with E-state index in [2.05, 4.69) is 9.97 Å². The van der Waals surface area contributed by atoms with Crippen LogP contribution in [0.3, 0.4) is 0 Å². The highest BCUT2D eigenvalue weighted by molar-refractivity contribution is 6.17. The van der Waals surface area contributed by atoms with Gasteiger partial charge in [-0.3, -0.25) is 0 Å². The molecule has 1 heterocycles. The largest absolute Gasteiger partial charge is 0.500 e. The Morgan fingerprint density at radius 3 is 2.41 bits per heavy atom. The Hall–Kier alpha value is -3.10. The summed E-state index contributed by atoms with van der Waals surface area (Å²) in [7, 11) is 1.30. The maximum Gasteiger partial charge on any atom is 0.416 e. The molecule has 0 saturated heterocycles. The highest BCUT2D eigenvalue weighted by atomic mass is 19.4. The molecule has 0 amide bonds. The summed E-state index contributed by atoms with van der Waals surface area (Å²) in [6, 6.07) is 4.22. The molecule has 0 fully saturated rings. The second kappa shape index (κ2) is 7.65. The number of hydrogen-bond acceptors (Lipinski definition) is 5. The average Bonchev–Trinajstić information content (AvgIpc) is 2.56. The number of ether oxygens (including phenoxy) is 2. The predicted molar refractivity (Wildman–Crippen MR) is 90.3 cm³/mol. The average molecular weight is 382 g/mol. The van der Waals surface area contributed by atoms with Gasteiger partial charge in [0.1, 0.15) is 22.9 Å². The second-order valence-electron chi connectivity index (χ2n) is 5.60. The molecule has 9 heteroatoms. The first kappa shape index (κ1) is 20.2. The van der Waals surface area contributed by atoms with Crippen LogP contribution < -0.4 is 4.74 Å². The molecule has 0 saturated carbocycles. The Kier molecular flexibility index (Phi) is 5.72. The zero-order valence-corrected chi connectivity index (χ0v) is 15.0. The van der Waals surface area contributed by atoms with Crippen LogP contribution in [0.15, 0.2) is 30.0 Å². The number of rotatable bonds is 5. The van der Waals surface area contributed by atoms with E-state index < -0.39 is 17.7 Å². The number of benzene rings is 1. The van der Waals surface area contributed by atoms with Crippen LogP contribution in [0.1, 0.15) is 29.6 Å². The van der Waals surface area contributed by atoms with Gasteiger partial charge < -0.3 is 14.6 Å². The highest BCUT2D eigenvalue weighted by Gasteiger charge is 2.31. The van der Waals surface area contributed by atoms with Gasteiger partial charge in [-0.15, -0.1) is 0 Å². The summed E-state index contributed by atoms with van der Waals surface area (Å²) in [5.74, 6) is -1.26. The van der Waals surface area contributed by atoms with Crippen LogP contribution in [0.5, 0.6) is 11.6 Å². The minimum absolute atomic E-state index is 0.0323. The van der Waals surface area contributed by atoms with Crippen LogP contribution in [-0.2, 0) is 15.7 Å². The maximum atomic E-state index is 12.9. The smallest absolute Gasteiger partial charge is 0.416 e. The number of carboxylic acids is 1. The molecule has 144 valence electrons. The van der Waals surface area contributed by atoms with E-state index >= 15 is 0 Å². The fourth-order valence-electron chi connectivity index (χ4n) is 2.43. The number of allylic oxidation sites excluding steroid dienone is 1. The number of carboxylic acid groups (broad SMARTS) is 1. The number of halogens is 3. The van der Waals surface area contributed by atoms with Gasteiger partial charge in [-0.1, -0.05) is 6.07 Å². The number of aryl methyl sites for hydroxylation is 2. The molecular weight excluding hydrogens is 365 g/mol. The van der Waals surface area contributed by atoms with Gasteiger partial charge in [0, 0.05) is 0 Å². The second-order valence-corrected chi connectivity index (χ2v) is 5.60. The standard InChI is InChI=1S/C18H17F3N2O4/c1-9-14(15(17(24)25)10(2)26-4)16(23-11(3)22-9)27-13-7-5-6-12(8-13)18(19,20)21/h5-8H,1-4H3,(H,24,25). The molecule has 6 nitrogen and oxygen atoms in total. The molecule has 27 heavy (non-hydrogen) atoms. The van der Waals surface area contributed by atoms with Crippen molar-refractivity contribution in [3.8, 4) is 11.6 Å². The first-order valence-corrected chi connectivity index (χ1v) is 7.73. The fraction of sp³-hybridized carbons (Fsp3) is 0.278. The molecular formula is C18H17F3N2O4. The van der Waals surface area contributed by atoms with Gasteiger partial charge in [-0.25, -0.2) is 9.78 Å². The summed E-state index contributed by atoms with van der Waals surface area (Å²) in [4.78, 5) is 19.9. The van der Waals surface area contributed by atoms with Crippen molar-refractivity contribution >= 4 is 11.5 Å². The molecule has 0 spiro atoms. The lowest BCUT2D eigenvalue weighted by Crippen LogP contribution is -2.10. The molecule has 2 aromatic rings. The van der Waals surface area contributed by atoms with E-state index in [1.165, 1.54) is 26.2 Å². The summed E-state index contributed by atoms with van der Waals surface area (Å²) in [5.41, 5.74) is -0.814. The minimum atomic E-state index is -4.54. The number of aromatic nitrogens is 2. The van der Waals surface area contributed by atoms with E-state index in [1.54, 1.807) is 13.8 Å². The molecule has 0 aliphatic heterocycles. The summed E-state index contributed by atoms with van der Waals surface area (Å²) in [5, 5.41) is 9.57. The van der Waals surface area contributed by atoms with E-state index in [1.807, 2.05) is 0 Å². The van der Waals surface area contributed by atoms with Gasteiger partial charge in [0.05, 0.1) is 23.9 Å². The Morgan fingerprint density at radius 1 is 1.19 bits per heavy atom. The molecule has 0 unspecified atom stereocenters. The molecule has 0 bridgehead atoms. The third-order valence-corrected chi connectivity index (χ3v) is 3.67. The van der Waals surface area contributed by atoms with Crippen LogP contribution in [0, 0.1) is 13.8 Å². The van der Waals surface area contributed by atoms with Gasteiger partial charge in [0.25, 0.3) is 0 Å². The van der Waals surface area contributed by atoms with Gasteiger partial charge in [0.15, 0.2) is 0 Å². The molecule has 0 aliphatic carbocycles. The zero-order chi connectivity index (χ0) is 20.4. The molecule has 2 rings (SSSR count). The van der Waals surface area contributed by atoms with Crippen molar-refractivity contribution in [2.75, 3.05) is 7.11 Å². The fourth-order valence-corrected chi connectivity index (χ4v) is 2.43. The number of aliphatic carboxylic acids is 1. The molecule has 0 radical (unpaired) electrons. The van der Waals surface area contributed by atoms with Crippen molar-refractivity contribution in [3.63, 3.8) is 0 Å². The summed E-state index contributed by atoms with van der Waals surface area (Å²) in [6.45, 7) is 4.55. The lowest BCUT2D eigenvalue weighted by molar-refractivity contribution is -0.137. The van der Waals surface area contributed by atoms with Gasteiger partial charge in [-0.2, -0.15) is 18.2 Å². The number of carbonyl (C=O) groups is 1. The minimum Gasteiger partial charge on any atom is -0.500 e. The van der Waals surface area contributed by atoms with E-state index in [4.69, 9.17) is 9.47 Å². The lowest BCUT2D eigenvalue weighted by Gasteiger charge is -2.16. The normalized spacial score (nSPS) is 12.4. The molecule has 1 aromatic heterocycles. The monoisotopic (exact) mass is 382 g/mol. The SMILES string of the molecule is COC(C)=C(C(=O)O)c1c(C)nc(C)nc1Oc1cccc(C(F)(F)F)c1. The first-order valence-electron chi connectivity index (χ1n) is 7.73. The van der Waals surface area contributed by atoms with Crippen molar-refractivity contribution in [3.05, 3.63) is 52.7 Å². The van der Waals surface area contributed by atoms with Crippen LogP contribution in [0.25, 0.3) is 5.57 Å². The van der Waals surface area contributed by atoms with Crippen LogP contribution >= 0.6 is 0 Å². The molecule has 1 N–H and O–H groups in total. The Balaban J connectivity index is 2.63. The predicted octanol–water partition coefficient (Wildman–Crippen LogP) is 4.37. The van der Waals surface area contributed by atoms with E-state index in [9.17, 15) is 23.1 Å². The first-order chi connectivity index (χ1) is 12.5. The number of hydrogen-bond donors (Lipinski definition) is 1. The van der Waals surface area contributed by atoms with Crippen LogP contribution in [0.4, 0.5) is 13.2 Å².